The molecule has 0 atom stereocenters. The first kappa shape index (κ1) is 31.2. The van der Waals surface area contributed by atoms with Crippen LogP contribution in [0.5, 0.6) is 5.75 Å². The van der Waals surface area contributed by atoms with E-state index in [2.05, 4.69) is 10.3 Å². The van der Waals surface area contributed by atoms with E-state index in [-0.39, 0.29) is 11.7 Å². The number of aromatic hydroxyl groups is 1. The van der Waals surface area contributed by atoms with Gasteiger partial charge in [-0.15, -0.1) is 0 Å². The fraction of sp³-hybridized carbons (Fsp3) is 0.719. The number of phenols is 1. The van der Waals surface area contributed by atoms with E-state index in [0.717, 1.165) is 42.1 Å². The third kappa shape index (κ3) is 15.1. The topological polar surface area (TPSA) is 85.4 Å². The number of aromatic amines is 1. The van der Waals surface area contributed by atoms with Gasteiger partial charge in [0, 0.05) is 36.7 Å². The minimum Gasteiger partial charge on any atom is -0.508 e. The van der Waals surface area contributed by atoms with E-state index in [1.54, 1.807) is 12.1 Å². The lowest BCUT2D eigenvalue weighted by atomic mass is 10.0. The Balaban J connectivity index is 1.29. The Labute approximate surface area is 225 Å². The Morgan fingerprint density at radius 2 is 1.19 bits per heavy atom. The highest BCUT2D eigenvalue weighted by molar-refractivity contribution is 5.84. The predicted molar refractivity (Wildman–Crippen MR) is 156 cm³/mol. The quantitative estimate of drug-likeness (QED) is 0.106. The van der Waals surface area contributed by atoms with Crippen molar-refractivity contribution >= 4 is 16.8 Å². The highest BCUT2D eigenvalue weighted by Gasteiger charge is 2.06. The summed E-state index contributed by atoms with van der Waals surface area (Å²) in [6.07, 6.45) is 28.1. The zero-order valence-electron chi connectivity index (χ0n) is 23.4. The van der Waals surface area contributed by atoms with Crippen molar-refractivity contribution in [1.29, 1.82) is 0 Å². The number of aliphatic hydroxyl groups is 1. The van der Waals surface area contributed by atoms with Crippen molar-refractivity contribution in [3.63, 3.8) is 0 Å². The van der Waals surface area contributed by atoms with Crippen LogP contribution in [0.1, 0.15) is 134 Å². The molecule has 0 spiro atoms. The molecule has 0 fully saturated rings. The molecule has 1 aromatic heterocycles. The van der Waals surface area contributed by atoms with Gasteiger partial charge in [0.15, 0.2) is 0 Å². The first-order valence-corrected chi connectivity index (χ1v) is 15.4. The van der Waals surface area contributed by atoms with Crippen molar-refractivity contribution in [2.75, 3.05) is 13.2 Å². The fourth-order valence-corrected chi connectivity index (χ4v) is 5.20. The van der Waals surface area contributed by atoms with Gasteiger partial charge in [-0.05, 0) is 43.0 Å². The van der Waals surface area contributed by atoms with Crippen LogP contribution in [0.4, 0.5) is 0 Å². The smallest absolute Gasteiger partial charge is 0.220 e. The predicted octanol–water partition coefficient (Wildman–Crippen LogP) is 8.33. The molecular weight excluding hydrogens is 460 g/mol. The van der Waals surface area contributed by atoms with Crippen molar-refractivity contribution in [1.82, 2.24) is 10.3 Å². The number of aromatic nitrogens is 1. The lowest BCUT2D eigenvalue weighted by Gasteiger charge is -2.06. The summed E-state index contributed by atoms with van der Waals surface area (Å²) >= 11 is 0. The number of aliphatic hydroxyl groups excluding tert-OH is 1. The number of hydrogen-bond donors (Lipinski definition) is 4. The molecule has 0 radical (unpaired) electrons. The van der Waals surface area contributed by atoms with Crippen LogP contribution >= 0.6 is 0 Å². The first-order valence-electron chi connectivity index (χ1n) is 15.4. The summed E-state index contributed by atoms with van der Waals surface area (Å²) in [7, 11) is 0. The zero-order valence-corrected chi connectivity index (χ0v) is 23.4. The Kier molecular flexibility index (Phi) is 17.7. The molecule has 1 aromatic carbocycles. The van der Waals surface area contributed by atoms with Crippen molar-refractivity contribution in [2.45, 2.75) is 135 Å². The number of phenolic OH excluding ortho intramolecular Hbond substituents is 1. The first-order chi connectivity index (χ1) is 18.2. The number of amides is 1. The van der Waals surface area contributed by atoms with Crippen LogP contribution < -0.4 is 5.32 Å². The van der Waals surface area contributed by atoms with Gasteiger partial charge in [0.05, 0.1) is 0 Å². The maximum absolute atomic E-state index is 12.1. The maximum Gasteiger partial charge on any atom is 0.220 e. The average Bonchev–Trinajstić information content (AvgIpc) is 3.29. The van der Waals surface area contributed by atoms with Gasteiger partial charge in [0.1, 0.15) is 5.75 Å². The molecule has 1 heterocycles. The van der Waals surface area contributed by atoms with Gasteiger partial charge >= 0.3 is 0 Å². The van der Waals surface area contributed by atoms with E-state index in [0.29, 0.717) is 19.6 Å². The molecule has 1 amide bonds. The van der Waals surface area contributed by atoms with E-state index in [4.69, 9.17) is 5.11 Å². The number of fused-ring (bicyclic) bond motifs is 1. The molecule has 0 bridgehead atoms. The van der Waals surface area contributed by atoms with Gasteiger partial charge in [-0.1, -0.05) is 109 Å². The fourth-order valence-electron chi connectivity index (χ4n) is 5.20. The molecule has 37 heavy (non-hydrogen) atoms. The van der Waals surface area contributed by atoms with Gasteiger partial charge in [0.2, 0.25) is 5.91 Å². The number of rotatable bonds is 24. The minimum atomic E-state index is 0.150. The second-order valence-electron chi connectivity index (χ2n) is 10.8. The van der Waals surface area contributed by atoms with Gasteiger partial charge < -0.3 is 20.5 Å². The van der Waals surface area contributed by atoms with E-state index in [1.807, 2.05) is 12.3 Å². The molecule has 0 aliphatic carbocycles. The van der Waals surface area contributed by atoms with Crippen LogP contribution in [0.3, 0.4) is 0 Å². The SMILES string of the molecule is O=C(CCCCCCCCCCCCCCCCCCCCCO)NCCc1c[nH]c2ccc(O)cc12. The normalized spacial score (nSPS) is 11.4. The lowest BCUT2D eigenvalue weighted by molar-refractivity contribution is -0.121. The van der Waals surface area contributed by atoms with Crippen LogP contribution in [0, 0.1) is 0 Å². The Bertz CT molecular complexity index is 833. The summed E-state index contributed by atoms with van der Waals surface area (Å²) in [5, 5.41) is 22.5. The van der Waals surface area contributed by atoms with Gasteiger partial charge in [-0.3, -0.25) is 4.79 Å². The molecule has 5 nitrogen and oxygen atoms in total. The number of hydrogen-bond acceptors (Lipinski definition) is 3. The second-order valence-corrected chi connectivity index (χ2v) is 10.8. The van der Waals surface area contributed by atoms with E-state index >= 15 is 0 Å². The summed E-state index contributed by atoms with van der Waals surface area (Å²) in [5.41, 5.74) is 2.14. The van der Waals surface area contributed by atoms with Crippen LogP contribution in [0.2, 0.25) is 0 Å². The van der Waals surface area contributed by atoms with Crippen LogP contribution in [0.15, 0.2) is 24.4 Å². The molecule has 0 aliphatic rings. The molecule has 0 unspecified atom stereocenters. The standard InChI is InChI=1S/C32H54N2O3/c35-25-19-17-15-13-11-9-7-5-3-1-2-4-6-8-10-12-14-16-18-20-32(37)33-24-23-28-27-34-31-22-21-29(36)26-30(28)31/h21-22,26-27,34-36H,1-20,23-25H2,(H,33,37). The number of nitrogens with one attached hydrogen (secondary N) is 2. The Hall–Kier alpha value is -2.01. The van der Waals surface area contributed by atoms with Crippen LogP contribution in [-0.4, -0.2) is 34.3 Å². The van der Waals surface area contributed by atoms with Gasteiger partial charge in [-0.25, -0.2) is 0 Å². The summed E-state index contributed by atoms with van der Waals surface area (Å²) < 4.78 is 0. The van der Waals surface area contributed by atoms with E-state index in [9.17, 15) is 9.90 Å². The van der Waals surface area contributed by atoms with Crippen molar-refractivity contribution < 1.29 is 15.0 Å². The van der Waals surface area contributed by atoms with Crippen molar-refractivity contribution in [3.05, 3.63) is 30.0 Å². The molecule has 0 saturated carbocycles. The number of unbranched alkanes of at least 4 members (excludes halogenated alkanes) is 18. The molecule has 2 rings (SSSR count). The minimum absolute atomic E-state index is 0.150. The Morgan fingerprint density at radius 3 is 1.70 bits per heavy atom. The number of carbonyl (C=O) groups excluding carboxylic acids is 1. The third-order valence-corrected chi connectivity index (χ3v) is 7.53. The largest absolute Gasteiger partial charge is 0.508 e. The summed E-state index contributed by atoms with van der Waals surface area (Å²) in [6, 6.07) is 5.33. The number of carbonyl (C=O) groups is 1. The average molecular weight is 515 g/mol. The van der Waals surface area contributed by atoms with Crippen LogP contribution in [0.25, 0.3) is 10.9 Å². The number of H-pyrrole nitrogens is 1. The van der Waals surface area contributed by atoms with E-state index in [1.165, 1.54) is 103 Å². The van der Waals surface area contributed by atoms with Crippen molar-refractivity contribution in [2.24, 2.45) is 0 Å². The monoisotopic (exact) mass is 514 g/mol. The van der Waals surface area contributed by atoms with E-state index < -0.39 is 0 Å². The highest BCUT2D eigenvalue weighted by Crippen LogP contribution is 2.23. The summed E-state index contributed by atoms with van der Waals surface area (Å²) in [5.74, 6) is 0.420. The molecule has 210 valence electrons. The number of benzene rings is 1. The zero-order chi connectivity index (χ0) is 26.4. The molecule has 5 heteroatoms. The Morgan fingerprint density at radius 1 is 0.703 bits per heavy atom. The summed E-state index contributed by atoms with van der Waals surface area (Å²) in [4.78, 5) is 15.3. The molecule has 4 N–H and O–H groups in total. The van der Waals surface area contributed by atoms with Crippen LogP contribution in [-0.2, 0) is 11.2 Å². The highest BCUT2D eigenvalue weighted by atomic mass is 16.3. The lowest BCUT2D eigenvalue weighted by Crippen LogP contribution is -2.25. The summed E-state index contributed by atoms with van der Waals surface area (Å²) in [6.45, 7) is 0.986. The second kappa shape index (κ2) is 21.0. The van der Waals surface area contributed by atoms with Gasteiger partial charge in [-0.2, -0.15) is 0 Å². The molecule has 0 aliphatic heterocycles. The molecule has 0 saturated heterocycles. The van der Waals surface area contributed by atoms with Crippen molar-refractivity contribution in [3.8, 4) is 5.75 Å². The third-order valence-electron chi connectivity index (χ3n) is 7.53. The maximum atomic E-state index is 12.1. The van der Waals surface area contributed by atoms with Gasteiger partial charge in [0.25, 0.3) is 0 Å². The molecular formula is C32H54N2O3. The molecule has 2 aromatic rings.